The van der Waals surface area contributed by atoms with Crippen LogP contribution in [-0.4, -0.2) is 19.0 Å². The lowest BCUT2D eigenvalue weighted by Crippen LogP contribution is -2.32. The van der Waals surface area contributed by atoms with Crippen molar-refractivity contribution < 1.29 is 18.0 Å². The maximum Gasteiger partial charge on any atom is 0.416 e. The molecule has 0 aromatic heterocycles. The van der Waals surface area contributed by atoms with Gasteiger partial charge in [0.25, 0.3) is 0 Å². The van der Waals surface area contributed by atoms with E-state index < -0.39 is 11.7 Å². The second-order valence-electron chi connectivity index (χ2n) is 5.49. The summed E-state index contributed by atoms with van der Waals surface area (Å²) in [6.45, 7) is 3.43. The number of carbonyl (C=O) groups excluding carboxylic acids is 1. The molecule has 2 rings (SSSR count). The van der Waals surface area contributed by atoms with E-state index in [1.165, 1.54) is 6.07 Å². The van der Waals surface area contributed by atoms with Gasteiger partial charge in [0.15, 0.2) is 0 Å². The van der Waals surface area contributed by atoms with E-state index in [0.29, 0.717) is 12.0 Å². The number of amides is 1. The minimum absolute atomic E-state index is 0.230. The Labute approximate surface area is 121 Å². The van der Waals surface area contributed by atoms with Crippen molar-refractivity contribution >= 4 is 11.6 Å². The Hall–Kier alpha value is -1.56. The maximum atomic E-state index is 12.7. The van der Waals surface area contributed by atoms with Gasteiger partial charge in [-0.3, -0.25) is 4.79 Å². The SMILES string of the molecule is Cc1ccc(C(F)(F)F)cc1NC(=O)CC1CCCNC1. The van der Waals surface area contributed by atoms with E-state index >= 15 is 0 Å². The summed E-state index contributed by atoms with van der Waals surface area (Å²) in [5.41, 5.74) is 0.111. The number of aryl methyl sites for hydroxylation is 1. The van der Waals surface area contributed by atoms with Gasteiger partial charge in [-0.2, -0.15) is 13.2 Å². The van der Waals surface area contributed by atoms with Gasteiger partial charge in [0.2, 0.25) is 5.91 Å². The van der Waals surface area contributed by atoms with E-state index in [2.05, 4.69) is 10.6 Å². The molecule has 1 aliphatic rings. The van der Waals surface area contributed by atoms with Crippen LogP contribution in [0.3, 0.4) is 0 Å². The summed E-state index contributed by atoms with van der Waals surface area (Å²) in [6, 6.07) is 3.39. The molecule has 116 valence electrons. The van der Waals surface area contributed by atoms with Gasteiger partial charge < -0.3 is 10.6 Å². The van der Waals surface area contributed by atoms with Crippen LogP contribution in [0.25, 0.3) is 0 Å². The van der Waals surface area contributed by atoms with Gasteiger partial charge in [0.05, 0.1) is 5.56 Å². The minimum atomic E-state index is -4.40. The first-order valence-corrected chi connectivity index (χ1v) is 7.04. The second-order valence-corrected chi connectivity index (χ2v) is 5.49. The van der Waals surface area contributed by atoms with Crippen molar-refractivity contribution in [3.05, 3.63) is 29.3 Å². The Kier molecular flexibility index (Phi) is 4.88. The molecule has 1 aromatic rings. The molecule has 1 atom stereocenters. The third kappa shape index (κ3) is 4.46. The van der Waals surface area contributed by atoms with Gasteiger partial charge in [0, 0.05) is 12.1 Å². The van der Waals surface area contributed by atoms with Crippen molar-refractivity contribution in [2.24, 2.45) is 5.92 Å². The Morgan fingerprint density at radius 3 is 2.81 bits per heavy atom. The van der Waals surface area contributed by atoms with Crippen LogP contribution < -0.4 is 10.6 Å². The lowest BCUT2D eigenvalue weighted by Gasteiger charge is -2.22. The van der Waals surface area contributed by atoms with Gasteiger partial charge in [-0.15, -0.1) is 0 Å². The Balaban J connectivity index is 2.02. The van der Waals surface area contributed by atoms with Crippen LogP contribution in [0.4, 0.5) is 18.9 Å². The molecule has 0 saturated carbocycles. The smallest absolute Gasteiger partial charge is 0.326 e. The van der Waals surface area contributed by atoms with Gasteiger partial charge in [-0.1, -0.05) is 6.07 Å². The number of anilines is 1. The molecule has 1 amide bonds. The largest absolute Gasteiger partial charge is 0.416 e. The molecule has 0 radical (unpaired) electrons. The van der Waals surface area contributed by atoms with Crippen molar-refractivity contribution in [2.75, 3.05) is 18.4 Å². The van der Waals surface area contributed by atoms with E-state index in [-0.39, 0.29) is 17.5 Å². The van der Waals surface area contributed by atoms with Crippen molar-refractivity contribution in [1.82, 2.24) is 5.32 Å². The van der Waals surface area contributed by atoms with Crippen LogP contribution in [-0.2, 0) is 11.0 Å². The molecule has 0 aliphatic carbocycles. The van der Waals surface area contributed by atoms with Gasteiger partial charge >= 0.3 is 6.18 Å². The first-order valence-electron chi connectivity index (χ1n) is 7.04. The molecule has 1 unspecified atom stereocenters. The van der Waals surface area contributed by atoms with E-state index in [4.69, 9.17) is 0 Å². The molecular formula is C15H19F3N2O. The fraction of sp³-hybridized carbons (Fsp3) is 0.533. The highest BCUT2D eigenvalue weighted by atomic mass is 19.4. The maximum absolute atomic E-state index is 12.7. The highest BCUT2D eigenvalue weighted by Gasteiger charge is 2.31. The third-order valence-electron chi connectivity index (χ3n) is 3.71. The van der Waals surface area contributed by atoms with Crippen LogP contribution in [0.2, 0.25) is 0 Å². The predicted molar refractivity (Wildman–Crippen MR) is 75.0 cm³/mol. The summed E-state index contributed by atoms with van der Waals surface area (Å²) >= 11 is 0. The predicted octanol–water partition coefficient (Wildman–Crippen LogP) is 3.34. The van der Waals surface area contributed by atoms with Crippen LogP contribution in [0.1, 0.15) is 30.4 Å². The summed E-state index contributed by atoms with van der Waals surface area (Å²) in [5.74, 6) is 0.0241. The van der Waals surface area contributed by atoms with E-state index in [0.717, 1.165) is 38.1 Å². The Morgan fingerprint density at radius 2 is 2.19 bits per heavy atom. The van der Waals surface area contributed by atoms with Gasteiger partial charge in [-0.25, -0.2) is 0 Å². The zero-order valence-corrected chi connectivity index (χ0v) is 11.9. The van der Waals surface area contributed by atoms with Crippen molar-refractivity contribution in [2.45, 2.75) is 32.4 Å². The number of rotatable bonds is 3. The van der Waals surface area contributed by atoms with Crippen LogP contribution in [0.5, 0.6) is 0 Å². The number of hydrogen-bond donors (Lipinski definition) is 2. The molecule has 3 nitrogen and oxygen atoms in total. The monoisotopic (exact) mass is 300 g/mol. The topological polar surface area (TPSA) is 41.1 Å². The third-order valence-corrected chi connectivity index (χ3v) is 3.71. The molecule has 1 heterocycles. The Morgan fingerprint density at radius 1 is 1.43 bits per heavy atom. The normalized spacial score (nSPS) is 19.3. The summed E-state index contributed by atoms with van der Waals surface area (Å²) in [4.78, 5) is 12.0. The Bertz CT molecular complexity index is 508. The first-order chi connectivity index (χ1) is 9.86. The lowest BCUT2D eigenvalue weighted by atomic mass is 9.96. The zero-order chi connectivity index (χ0) is 15.5. The average Bonchev–Trinajstić information content (AvgIpc) is 2.41. The summed E-state index contributed by atoms with van der Waals surface area (Å²) < 4.78 is 38.1. The number of alkyl halides is 3. The van der Waals surface area contributed by atoms with E-state index in [1.807, 2.05) is 0 Å². The molecule has 6 heteroatoms. The standard InChI is InChI=1S/C15H19F3N2O/c1-10-4-5-12(15(16,17)18)8-13(10)20-14(21)7-11-3-2-6-19-9-11/h4-5,8,11,19H,2-3,6-7,9H2,1H3,(H,20,21). The summed E-state index contributed by atoms with van der Waals surface area (Å²) in [5, 5.41) is 5.82. The number of carbonyl (C=O) groups is 1. The fourth-order valence-electron chi connectivity index (χ4n) is 2.49. The van der Waals surface area contributed by atoms with Crippen LogP contribution in [0.15, 0.2) is 18.2 Å². The molecule has 21 heavy (non-hydrogen) atoms. The molecule has 1 aliphatic heterocycles. The number of piperidine rings is 1. The summed E-state index contributed by atoms with van der Waals surface area (Å²) in [6.07, 6.45) is -2.06. The molecule has 2 N–H and O–H groups in total. The number of benzene rings is 1. The van der Waals surface area contributed by atoms with E-state index in [1.54, 1.807) is 6.92 Å². The highest BCUT2D eigenvalue weighted by molar-refractivity contribution is 5.91. The van der Waals surface area contributed by atoms with Crippen molar-refractivity contribution in [3.8, 4) is 0 Å². The molecule has 1 fully saturated rings. The van der Waals surface area contributed by atoms with Crippen molar-refractivity contribution in [1.29, 1.82) is 0 Å². The number of nitrogens with one attached hydrogen (secondary N) is 2. The molecule has 1 saturated heterocycles. The first kappa shape index (κ1) is 15.8. The van der Waals surface area contributed by atoms with Gasteiger partial charge in [-0.05, 0) is 56.5 Å². The molecule has 1 aromatic carbocycles. The summed E-state index contributed by atoms with van der Waals surface area (Å²) in [7, 11) is 0. The van der Waals surface area contributed by atoms with Gasteiger partial charge in [0.1, 0.15) is 0 Å². The lowest BCUT2D eigenvalue weighted by molar-refractivity contribution is -0.137. The fourth-order valence-corrected chi connectivity index (χ4v) is 2.49. The van der Waals surface area contributed by atoms with Crippen molar-refractivity contribution in [3.63, 3.8) is 0 Å². The van der Waals surface area contributed by atoms with Crippen LogP contribution >= 0.6 is 0 Å². The van der Waals surface area contributed by atoms with E-state index in [9.17, 15) is 18.0 Å². The zero-order valence-electron chi connectivity index (χ0n) is 11.9. The quantitative estimate of drug-likeness (QED) is 0.899. The van der Waals surface area contributed by atoms with Crippen LogP contribution in [0, 0.1) is 12.8 Å². The second kappa shape index (κ2) is 6.47. The molecule has 0 bridgehead atoms. The molecule has 0 spiro atoms. The number of halogens is 3. The molecular weight excluding hydrogens is 281 g/mol. The average molecular weight is 300 g/mol. The highest BCUT2D eigenvalue weighted by Crippen LogP contribution is 2.32. The number of hydrogen-bond acceptors (Lipinski definition) is 2. The minimum Gasteiger partial charge on any atom is -0.326 e.